The second kappa shape index (κ2) is 7.81. The van der Waals surface area contributed by atoms with Crippen LogP contribution in [0.25, 0.3) is 11.1 Å². The Balaban J connectivity index is 1.84. The van der Waals surface area contributed by atoms with Gasteiger partial charge in [0.2, 0.25) is 10.0 Å². The van der Waals surface area contributed by atoms with Crippen molar-refractivity contribution in [3.63, 3.8) is 0 Å². The molecule has 0 amide bonds. The molecule has 0 unspecified atom stereocenters. The molecule has 2 aromatic carbocycles. The van der Waals surface area contributed by atoms with Crippen molar-refractivity contribution in [2.75, 3.05) is 0 Å². The lowest BCUT2D eigenvalue weighted by Crippen LogP contribution is -2.38. The van der Waals surface area contributed by atoms with Gasteiger partial charge in [0.05, 0.1) is 16.6 Å². The number of aliphatic hydroxyl groups is 1. The molecule has 152 valence electrons. The monoisotopic (exact) mass is 417 g/mol. The van der Waals surface area contributed by atoms with Crippen molar-refractivity contribution in [2.45, 2.75) is 48.9 Å². The van der Waals surface area contributed by atoms with Gasteiger partial charge in [-0.2, -0.15) is 13.2 Å². The quantitative estimate of drug-likeness (QED) is 0.737. The summed E-state index contributed by atoms with van der Waals surface area (Å²) in [5.74, 6) is -1.00. The zero-order valence-corrected chi connectivity index (χ0v) is 15.5. The van der Waals surface area contributed by atoms with Gasteiger partial charge in [-0.15, -0.1) is 0 Å². The van der Waals surface area contributed by atoms with E-state index in [4.69, 9.17) is 0 Å². The zero-order valence-electron chi connectivity index (χ0n) is 14.7. The van der Waals surface area contributed by atoms with Crippen molar-refractivity contribution in [2.24, 2.45) is 0 Å². The number of hydrogen-bond donors (Lipinski definition) is 2. The topological polar surface area (TPSA) is 66.4 Å². The zero-order chi connectivity index (χ0) is 20.5. The van der Waals surface area contributed by atoms with Crippen LogP contribution in [-0.4, -0.2) is 25.7 Å². The fourth-order valence-corrected chi connectivity index (χ4v) is 4.60. The lowest BCUT2D eigenvalue weighted by Gasteiger charge is -2.26. The van der Waals surface area contributed by atoms with E-state index in [0.29, 0.717) is 31.7 Å². The van der Waals surface area contributed by atoms with Crippen molar-refractivity contribution in [3.8, 4) is 11.1 Å². The first-order valence-electron chi connectivity index (χ1n) is 8.74. The van der Waals surface area contributed by atoms with Crippen LogP contribution in [0.1, 0.15) is 31.2 Å². The maximum Gasteiger partial charge on any atom is 0.417 e. The highest BCUT2D eigenvalue weighted by atomic mass is 32.2. The maximum absolute atomic E-state index is 13.3. The SMILES string of the molecule is O=S(=O)(NC1CCC(O)CC1)c1ccc(-c2ccc(F)cc2C(F)(F)F)cc1. The Morgan fingerprint density at radius 1 is 0.964 bits per heavy atom. The lowest BCUT2D eigenvalue weighted by atomic mass is 9.94. The van der Waals surface area contributed by atoms with E-state index in [1.807, 2.05) is 0 Å². The summed E-state index contributed by atoms with van der Waals surface area (Å²) in [6, 6.07) is 7.05. The summed E-state index contributed by atoms with van der Waals surface area (Å²) in [7, 11) is -3.84. The minimum atomic E-state index is -4.74. The summed E-state index contributed by atoms with van der Waals surface area (Å²) in [5, 5.41) is 9.50. The van der Waals surface area contributed by atoms with Gasteiger partial charge in [-0.25, -0.2) is 17.5 Å². The van der Waals surface area contributed by atoms with E-state index in [9.17, 15) is 31.1 Å². The van der Waals surface area contributed by atoms with Crippen molar-refractivity contribution >= 4 is 10.0 Å². The first kappa shape index (κ1) is 20.8. The van der Waals surface area contributed by atoms with Crippen molar-refractivity contribution in [1.82, 2.24) is 4.72 Å². The number of benzene rings is 2. The Morgan fingerprint density at radius 2 is 1.57 bits per heavy atom. The van der Waals surface area contributed by atoms with E-state index in [-0.39, 0.29) is 22.1 Å². The molecular weight excluding hydrogens is 398 g/mol. The predicted molar refractivity (Wildman–Crippen MR) is 95.4 cm³/mol. The van der Waals surface area contributed by atoms with Crippen LogP contribution in [0.5, 0.6) is 0 Å². The van der Waals surface area contributed by atoms with E-state index in [1.165, 1.54) is 24.3 Å². The molecule has 2 aromatic rings. The molecule has 0 spiro atoms. The summed E-state index contributed by atoms with van der Waals surface area (Å²) in [6.07, 6.45) is -3.10. The highest BCUT2D eigenvalue weighted by molar-refractivity contribution is 7.89. The third kappa shape index (κ3) is 4.71. The molecule has 0 saturated heterocycles. The molecule has 0 heterocycles. The van der Waals surface area contributed by atoms with Crippen LogP contribution < -0.4 is 4.72 Å². The molecule has 0 atom stereocenters. The average Bonchev–Trinajstić information content (AvgIpc) is 2.63. The molecule has 3 rings (SSSR count). The summed E-state index contributed by atoms with van der Waals surface area (Å²) < 4.78 is 80.4. The Morgan fingerprint density at radius 3 is 2.14 bits per heavy atom. The summed E-state index contributed by atoms with van der Waals surface area (Å²) in [4.78, 5) is -0.0713. The smallest absolute Gasteiger partial charge is 0.393 e. The van der Waals surface area contributed by atoms with Gasteiger partial charge in [-0.3, -0.25) is 0 Å². The Hall–Kier alpha value is -1.97. The number of rotatable bonds is 4. The van der Waals surface area contributed by atoms with Gasteiger partial charge in [0.1, 0.15) is 5.82 Å². The Kier molecular flexibility index (Phi) is 5.79. The molecule has 1 fully saturated rings. The third-order valence-corrected chi connectivity index (χ3v) is 6.32. The first-order valence-corrected chi connectivity index (χ1v) is 10.2. The maximum atomic E-state index is 13.3. The highest BCUT2D eigenvalue weighted by Crippen LogP contribution is 2.37. The average molecular weight is 417 g/mol. The highest BCUT2D eigenvalue weighted by Gasteiger charge is 2.34. The molecule has 0 aliphatic heterocycles. The molecule has 0 aromatic heterocycles. The van der Waals surface area contributed by atoms with E-state index >= 15 is 0 Å². The molecule has 0 radical (unpaired) electrons. The molecule has 2 N–H and O–H groups in total. The predicted octanol–water partition coefficient (Wildman–Crippen LogP) is 4.09. The number of aliphatic hydroxyl groups excluding tert-OH is 1. The molecule has 28 heavy (non-hydrogen) atoms. The van der Waals surface area contributed by atoms with Gasteiger partial charge in [-0.05, 0) is 61.1 Å². The van der Waals surface area contributed by atoms with Crippen molar-refractivity contribution < 1.29 is 31.1 Å². The van der Waals surface area contributed by atoms with Gasteiger partial charge < -0.3 is 5.11 Å². The number of halogens is 4. The largest absolute Gasteiger partial charge is 0.417 e. The van der Waals surface area contributed by atoms with Crippen molar-refractivity contribution in [1.29, 1.82) is 0 Å². The van der Waals surface area contributed by atoms with Gasteiger partial charge in [-0.1, -0.05) is 18.2 Å². The van der Waals surface area contributed by atoms with Crippen LogP contribution in [0.15, 0.2) is 47.4 Å². The molecule has 1 aliphatic rings. The summed E-state index contributed by atoms with van der Waals surface area (Å²) in [5.41, 5.74) is -1.22. The normalized spacial score (nSPS) is 20.9. The summed E-state index contributed by atoms with van der Waals surface area (Å²) >= 11 is 0. The van der Waals surface area contributed by atoms with Gasteiger partial charge in [0.25, 0.3) is 0 Å². The lowest BCUT2D eigenvalue weighted by molar-refractivity contribution is -0.137. The van der Waals surface area contributed by atoms with E-state index in [0.717, 1.165) is 12.1 Å². The minimum absolute atomic E-state index is 0.0713. The number of nitrogens with one attached hydrogen (secondary N) is 1. The summed E-state index contributed by atoms with van der Waals surface area (Å²) in [6.45, 7) is 0. The minimum Gasteiger partial charge on any atom is -0.393 e. The second-order valence-corrected chi connectivity index (χ2v) is 8.55. The van der Waals surface area contributed by atoms with E-state index < -0.39 is 33.7 Å². The molecule has 1 saturated carbocycles. The molecular formula is C19H19F4NO3S. The molecule has 1 aliphatic carbocycles. The van der Waals surface area contributed by atoms with Crippen molar-refractivity contribution in [3.05, 3.63) is 53.8 Å². The van der Waals surface area contributed by atoms with Gasteiger partial charge in [0.15, 0.2) is 0 Å². The molecule has 4 nitrogen and oxygen atoms in total. The van der Waals surface area contributed by atoms with Gasteiger partial charge >= 0.3 is 6.18 Å². The van der Waals surface area contributed by atoms with Crippen LogP contribution in [0.2, 0.25) is 0 Å². The van der Waals surface area contributed by atoms with Crippen LogP contribution in [0, 0.1) is 5.82 Å². The van der Waals surface area contributed by atoms with Crippen LogP contribution in [0.3, 0.4) is 0 Å². The van der Waals surface area contributed by atoms with Crippen LogP contribution >= 0.6 is 0 Å². The number of hydrogen-bond acceptors (Lipinski definition) is 3. The van der Waals surface area contributed by atoms with E-state index in [1.54, 1.807) is 0 Å². The Bertz CT molecular complexity index is 935. The Labute approximate surface area is 160 Å². The molecule has 9 heteroatoms. The number of alkyl halides is 3. The third-order valence-electron chi connectivity index (χ3n) is 4.78. The fourth-order valence-electron chi connectivity index (χ4n) is 3.30. The first-order chi connectivity index (χ1) is 13.1. The fraction of sp³-hybridized carbons (Fsp3) is 0.368. The standard InChI is InChI=1S/C19H19F4NO3S/c20-13-3-10-17(18(11-13)19(21,22)23)12-1-8-16(9-2-12)28(26,27)24-14-4-6-15(25)7-5-14/h1-3,8-11,14-15,24-25H,4-7H2. The van der Waals surface area contributed by atoms with Crippen LogP contribution in [-0.2, 0) is 16.2 Å². The van der Waals surface area contributed by atoms with E-state index in [2.05, 4.69) is 4.72 Å². The second-order valence-electron chi connectivity index (χ2n) is 6.84. The van der Waals surface area contributed by atoms with Gasteiger partial charge in [0, 0.05) is 6.04 Å². The number of sulfonamides is 1. The molecule has 0 bridgehead atoms. The van der Waals surface area contributed by atoms with Crippen LogP contribution in [0.4, 0.5) is 17.6 Å².